The summed E-state index contributed by atoms with van der Waals surface area (Å²) >= 11 is 1.32. The molecule has 0 spiro atoms. The van der Waals surface area contributed by atoms with Gasteiger partial charge >= 0.3 is 0 Å². The van der Waals surface area contributed by atoms with Gasteiger partial charge in [-0.25, -0.2) is 4.99 Å². The summed E-state index contributed by atoms with van der Waals surface area (Å²) in [6, 6.07) is 25.7. The number of nitro benzene ring substituents is 1. The van der Waals surface area contributed by atoms with E-state index in [1.165, 1.54) is 29.0 Å². The van der Waals surface area contributed by atoms with Gasteiger partial charge in [0.05, 0.1) is 28.3 Å². The van der Waals surface area contributed by atoms with Gasteiger partial charge in [0.1, 0.15) is 17.3 Å². The third-order valence-corrected chi connectivity index (χ3v) is 8.53. The number of hydrogen-bond donors (Lipinski definition) is 0. The first-order valence-corrected chi connectivity index (χ1v) is 13.9. The topological polar surface area (TPSA) is 99.9 Å². The molecule has 0 saturated carbocycles. The summed E-state index contributed by atoms with van der Waals surface area (Å²) in [4.78, 5) is 30.4. The number of fused-ring (bicyclic) bond motifs is 3. The zero-order valence-electron chi connectivity index (χ0n) is 21.9. The predicted molar refractivity (Wildman–Crippen MR) is 157 cm³/mol. The number of benzene rings is 3. The van der Waals surface area contributed by atoms with E-state index in [0.717, 1.165) is 41.0 Å². The molecule has 0 unspecified atom stereocenters. The van der Waals surface area contributed by atoms with Crippen molar-refractivity contribution in [3.63, 3.8) is 0 Å². The number of nitrogens with zero attached hydrogens (tertiary/aromatic N) is 3. The number of nitro groups is 1. The number of aryl methyl sites for hydroxylation is 1. The van der Waals surface area contributed by atoms with E-state index in [4.69, 9.17) is 14.1 Å². The van der Waals surface area contributed by atoms with E-state index in [1.54, 1.807) is 42.0 Å². The minimum atomic E-state index is -0.439. The van der Waals surface area contributed by atoms with Gasteiger partial charge in [-0.2, -0.15) is 0 Å². The minimum Gasteiger partial charge on any atom is -0.497 e. The van der Waals surface area contributed by atoms with Crippen LogP contribution >= 0.6 is 11.3 Å². The Morgan fingerprint density at radius 2 is 1.88 bits per heavy atom. The van der Waals surface area contributed by atoms with Crippen molar-refractivity contribution in [1.82, 2.24) is 4.57 Å². The van der Waals surface area contributed by atoms with Crippen LogP contribution < -0.4 is 19.6 Å². The molecule has 1 aliphatic heterocycles. The van der Waals surface area contributed by atoms with E-state index in [0.29, 0.717) is 26.4 Å². The molecule has 0 fully saturated rings. The molecule has 5 aromatic rings. The fourth-order valence-corrected chi connectivity index (χ4v) is 6.58. The van der Waals surface area contributed by atoms with Crippen LogP contribution in [0.15, 0.2) is 105 Å². The van der Waals surface area contributed by atoms with Crippen LogP contribution in [0.2, 0.25) is 0 Å². The van der Waals surface area contributed by atoms with Crippen molar-refractivity contribution in [3.05, 3.63) is 143 Å². The van der Waals surface area contributed by atoms with Crippen molar-refractivity contribution in [2.24, 2.45) is 4.99 Å². The van der Waals surface area contributed by atoms with E-state index < -0.39 is 4.92 Å². The van der Waals surface area contributed by atoms with Crippen LogP contribution in [0.4, 0.5) is 5.69 Å². The van der Waals surface area contributed by atoms with Gasteiger partial charge in [0, 0.05) is 29.3 Å². The summed E-state index contributed by atoms with van der Waals surface area (Å²) in [6.07, 6.45) is 3.40. The lowest BCUT2D eigenvalue weighted by Crippen LogP contribution is -2.38. The van der Waals surface area contributed by atoms with Crippen LogP contribution in [0.5, 0.6) is 5.75 Å². The molecule has 7 rings (SSSR count). The van der Waals surface area contributed by atoms with Crippen molar-refractivity contribution in [1.29, 1.82) is 0 Å². The molecule has 3 heterocycles. The Morgan fingerprint density at radius 3 is 2.68 bits per heavy atom. The number of aromatic nitrogens is 1. The first-order chi connectivity index (χ1) is 20.0. The van der Waals surface area contributed by atoms with E-state index in [2.05, 4.69) is 12.1 Å². The zero-order valence-corrected chi connectivity index (χ0v) is 22.8. The highest BCUT2D eigenvalue weighted by molar-refractivity contribution is 7.07. The molecule has 0 saturated heterocycles. The lowest BCUT2D eigenvalue weighted by atomic mass is 9.83. The smallest absolute Gasteiger partial charge is 0.271 e. The zero-order chi connectivity index (χ0) is 28.1. The van der Waals surface area contributed by atoms with Gasteiger partial charge in [-0.05, 0) is 53.8 Å². The van der Waals surface area contributed by atoms with Crippen molar-refractivity contribution in [3.8, 4) is 17.1 Å². The van der Waals surface area contributed by atoms with Gasteiger partial charge in [-0.15, -0.1) is 0 Å². The summed E-state index contributed by atoms with van der Waals surface area (Å²) in [5.41, 5.74) is 5.85. The van der Waals surface area contributed by atoms with Crippen molar-refractivity contribution < 1.29 is 14.1 Å². The molecule has 8 nitrogen and oxygen atoms in total. The Bertz CT molecular complexity index is 2050. The fourth-order valence-electron chi connectivity index (χ4n) is 5.60. The second-order valence-electron chi connectivity index (χ2n) is 9.90. The average molecular weight is 562 g/mol. The molecular weight excluding hydrogens is 538 g/mol. The number of ether oxygens (including phenoxy) is 1. The maximum Gasteiger partial charge on any atom is 0.271 e. The molecule has 0 radical (unpaired) electrons. The summed E-state index contributed by atoms with van der Waals surface area (Å²) in [6.45, 7) is 0. The van der Waals surface area contributed by atoms with Gasteiger partial charge in [0.2, 0.25) is 0 Å². The lowest BCUT2D eigenvalue weighted by molar-refractivity contribution is -0.384. The molecule has 2 aromatic heterocycles. The number of furan rings is 1. The van der Waals surface area contributed by atoms with Gasteiger partial charge in [-0.1, -0.05) is 59.9 Å². The highest BCUT2D eigenvalue weighted by Gasteiger charge is 2.32. The number of non-ortho nitro benzene ring substituents is 1. The Hall–Kier alpha value is -5.02. The first-order valence-electron chi connectivity index (χ1n) is 13.1. The number of hydrogen-bond acceptors (Lipinski definition) is 7. The molecule has 0 N–H and O–H groups in total. The van der Waals surface area contributed by atoms with Crippen LogP contribution in [0.3, 0.4) is 0 Å². The van der Waals surface area contributed by atoms with Crippen LogP contribution in [-0.2, 0) is 6.42 Å². The summed E-state index contributed by atoms with van der Waals surface area (Å²) in [7, 11) is 1.63. The largest absolute Gasteiger partial charge is 0.497 e. The highest BCUT2D eigenvalue weighted by atomic mass is 32.1. The molecule has 9 heteroatoms. The molecule has 1 atom stereocenters. The Kier molecular flexibility index (Phi) is 6.01. The van der Waals surface area contributed by atoms with Crippen molar-refractivity contribution in [2.75, 3.05) is 7.11 Å². The van der Waals surface area contributed by atoms with E-state index >= 15 is 0 Å². The van der Waals surface area contributed by atoms with Gasteiger partial charge in [0.15, 0.2) is 4.80 Å². The maximum atomic E-state index is 14.0. The van der Waals surface area contributed by atoms with E-state index in [-0.39, 0.29) is 17.3 Å². The van der Waals surface area contributed by atoms with Crippen molar-refractivity contribution in [2.45, 2.75) is 18.9 Å². The van der Waals surface area contributed by atoms with Gasteiger partial charge < -0.3 is 9.15 Å². The highest BCUT2D eigenvalue weighted by Crippen LogP contribution is 2.41. The maximum absolute atomic E-state index is 14.0. The number of rotatable bonds is 5. The predicted octanol–water partition coefficient (Wildman–Crippen LogP) is 5.50. The molecule has 0 bridgehead atoms. The molecular formula is C32H23N3O5S. The summed E-state index contributed by atoms with van der Waals surface area (Å²) in [5, 5.41) is 11.2. The number of allylic oxidation sites excluding steroid dienone is 1. The molecule has 0 amide bonds. The SMILES string of the molecule is COc1ccc([C@@H]2C3=C(N=c4s/c(=C/c5ccc(-c6cccc([N+](=O)[O-])c6)o5)c(=O)n42)c2ccccc2CC3)cc1. The van der Waals surface area contributed by atoms with Gasteiger partial charge in [-0.3, -0.25) is 19.5 Å². The third-order valence-electron chi connectivity index (χ3n) is 7.55. The quantitative estimate of drug-likeness (QED) is 0.209. The summed E-state index contributed by atoms with van der Waals surface area (Å²) < 4.78 is 13.7. The summed E-state index contributed by atoms with van der Waals surface area (Å²) in [5.74, 6) is 1.71. The van der Waals surface area contributed by atoms with Crippen molar-refractivity contribution >= 4 is 28.8 Å². The number of thiazole rings is 1. The molecule has 3 aromatic carbocycles. The van der Waals surface area contributed by atoms with Crippen LogP contribution in [0, 0.1) is 10.1 Å². The normalized spacial score (nSPS) is 16.0. The van der Waals surface area contributed by atoms with Crippen LogP contribution in [0.25, 0.3) is 23.1 Å². The second kappa shape index (κ2) is 9.87. The lowest BCUT2D eigenvalue weighted by Gasteiger charge is -2.30. The Morgan fingerprint density at radius 1 is 1.05 bits per heavy atom. The average Bonchev–Trinajstić information content (AvgIpc) is 3.60. The van der Waals surface area contributed by atoms with E-state index in [9.17, 15) is 14.9 Å². The Labute approximate surface area is 238 Å². The number of methoxy groups -OCH3 is 1. The fraction of sp³-hybridized carbons (Fsp3) is 0.125. The van der Waals surface area contributed by atoms with Crippen LogP contribution in [0.1, 0.15) is 34.9 Å². The Balaban J connectivity index is 1.37. The minimum absolute atomic E-state index is 0.0159. The van der Waals surface area contributed by atoms with E-state index in [1.807, 2.05) is 36.4 Å². The monoisotopic (exact) mass is 561 g/mol. The molecule has 1 aliphatic carbocycles. The van der Waals surface area contributed by atoms with Gasteiger partial charge in [0.25, 0.3) is 11.2 Å². The first kappa shape index (κ1) is 25.0. The molecule has 2 aliphatic rings. The molecule has 41 heavy (non-hydrogen) atoms. The van der Waals surface area contributed by atoms with Crippen LogP contribution in [-0.4, -0.2) is 16.6 Å². The standard InChI is InChI=1S/C32H23N3O5S/c1-39-23-12-9-20(10-13-23)30-26-15-11-19-5-2-3-8-25(19)29(26)33-32-34(30)31(36)28(41-32)18-24-14-16-27(40-24)21-6-4-7-22(17-21)35(37)38/h2-10,12-14,16-18,30H,11,15H2,1H3/b28-18+/t30-/m1/s1. The second-order valence-corrected chi connectivity index (χ2v) is 10.9. The molecule has 202 valence electrons. The third kappa shape index (κ3) is 4.31.